The average Bonchev–Trinajstić information content (AvgIpc) is 3.55. The molecular formula is C27H29N5O3. The Labute approximate surface area is 203 Å². The van der Waals surface area contributed by atoms with Crippen molar-refractivity contribution in [3.05, 3.63) is 84.3 Å². The number of carbonyl (C=O) groups excluding carboxylic acids is 2. The van der Waals surface area contributed by atoms with Crippen LogP contribution < -0.4 is 5.32 Å². The van der Waals surface area contributed by atoms with Gasteiger partial charge < -0.3 is 14.6 Å². The Morgan fingerprint density at radius 1 is 1.00 bits per heavy atom. The van der Waals surface area contributed by atoms with Crippen molar-refractivity contribution in [2.75, 3.05) is 0 Å². The highest BCUT2D eigenvalue weighted by Crippen LogP contribution is 2.26. The molecule has 8 nitrogen and oxygen atoms in total. The molecular weight excluding hydrogens is 442 g/mol. The molecule has 1 atom stereocenters. The summed E-state index contributed by atoms with van der Waals surface area (Å²) in [5.74, 6) is 0.185. The number of amides is 2. The SMILES string of the molecule is O=C(NC1CCCCC1)[C@@H](c1ccccc1)N(Cc1ccco1)C(=O)Cn1nnc2ccccc21. The highest BCUT2D eigenvalue weighted by Gasteiger charge is 2.33. The van der Waals surface area contributed by atoms with Crippen LogP contribution in [-0.4, -0.2) is 37.7 Å². The quantitative estimate of drug-likeness (QED) is 0.415. The highest BCUT2D eigenvalue weighted by atomic mass is 16.3. The summed E-state index contributed by atoms with van der Waals surface area (Å²) < 4.78 is 7.15. The fourth-order valence-electron chi connectivity index (χ4n) is 4.78. The lowest BCUT2D eigenvalue weighted by molar-refractivity contribution is -0.142. The molecule has 0 saturated heterocycles. The van der Waals surface area contributed by atoms with Crippen LogP contribution in [0.2, 0.25) is 0 Å². The predicted octanol–water partition coefficient (Wildman–Crippen LogP) is 4.24. The fraction of sp³-hybridized carbons (Fsp3) is 0.333. The molecule has 1 aliphatic rings. The van der Waals surface area contributed by atoms with E-state index >= 15 is 0 Å². The molecule has 2 heterocycles. The lowest BCUT2D eigenvalue weighted by Gasteiger charge is -2.33. The molecule has 4 aromatic rings. The number of furan rings is 1. The van der Waals surface area contributed by atoms with Gasteiger partial charge in [0.15, 0.2) is 0 Å². The van der Waals surface area contributed by atoms with E-state index in [1.54, 1.807) is 21.9 Å². The molecule has 180 valence electrons. The van der Waals surface area contributed by atoms with Gasteiger partial charge in [-0.05, 0) is 42.7 Å². The zero-order chi connectivity index (χ0) is 24.0. The predicted molar refractivity (Wildman–Crippen MR) is 131 cm³/mol. The standard InChI is InChI=1S/C27H29N5O3/c33-25(19-32-24-16-8-7-15-23(24)29-30-32)31(18-22-14-9-17-35-22)26(20-10-3-1-4-11-20)27(34)28-21-12-5-2-6-13-21/h1,3-4,7-11,14-17,21,26H,2,5-6,12-13,18-19H2,(H,28,34)/t26-/m1/s1. The number of carbonyl (C=O) groups is 2. The van der Waals surface area contributed by atoms with Crippen molar-refractivity contribution in [2.45, 2.75) is 57.3 Å². The van der Waals surface area contributed by atoms with E-state index in [1.807, 2.05) is 60.7 Å². The first-order valence-corrected chi connectivity index (χ1v) is 12.1. The Hall–Kier alpha value is -3.94. The van der Waals surface area contributed by atoms with Gasteiger partial charge in [-0.1, -0.05) is 66.9 Å². The van der Waals surface area contributed by atoms with Gasteiger partial charge in [0.2, 0.25) is 11.8 Å². The van der Waals surface area contributed by atoms with Crippen molar-refractivity contribution < 1.29 is 14.0 Å². The van der Waals surface area contributed by atoms with Crippen molar-refractivity contribution >= 4 is 22.8 Å². The molecule has 0 spiro atoms. The minimum Gasteiger partial charge on any atom is -0.467 e. The monoisotopic (exact) mass is 471 g/mol. The summed E-state index contributed by atoms with van der Waals surface area (Å²) >= 11 is 0. The van der Waals surface area contributed by atoms with E-state index in [1.165, 1.54) is 6.42 Å². The number of aromatic nitrogens is 3. The minimum absolute atomic E-state index is 0.0404. The molecule has 35 heavy (non-hydrogen) atoms. The first kappa shape index (κ1) is 22.8. The fourth-order valence-corrected chi connectivity index (χ4v) is 4.78. The van der Waals surface area contributed by atoms with Crippen LogP contribution >= 0.6 is 0 Å². The number of benzene rings is 2. The Kier molecular flexibility index (Phi) is 6.88. The maximum atomic E-state index is 13.8. The molecule has 1 fully saturated rings. The smallest absolute Gasteiger partial charge is 0.247 e. The van der Waals surface area contributed by atoms with Gasteiger partial charge in [-0.25, -0.2) is 4.68 Å². The van der Waals surface area contributed by atoms with Gasteiger partial charge in [-0.15, -0.1) is 5.10 Å². The average molecular weight is 472 g/mol. The minimum atomic E-state index is -0.800. The zero-order valence-electron chi connectivity index (χ0n) is 19.5. The van der Waals surface area contributed by atoms with Crippen molar-refractivity contribution in [2.24, 2.45) is 0 Å². The van der Waals surface area contributed by atoms with E-state index in [4.69, 9.17) is 4.42 Å². The molecule has 5 rings (SSSR count). The summed E-state index contributed by atoms with van der Waals surface area (Å²) in [6.07, 6.45) is 6.91. The molecule has 2 aromatic carbocycles. The Bertz CT molecular complexity index is 1260. The first-order chi connectivity index (χ1) is 17.2. The zero-order valence-corrected chi connectivity index (χ0v) is 19.5. The third-order valence-corrected chi connectivity index (χ3v) is 6.56. The van der Waals surface area contributed by atoms with Gasteiger partial charge in [-0.2, -0.15) is 0 Å². The molecule has 0 bridgehead atoms. The maximum absolute atomic E-state index is 13.8. The summed E-state index contributed by atoms with van der Waals surface area (Å²) in [4.78, 5) is 29.1. The summed E-state index contributed by atoms with van der Waals surface area (Å²) in [6.45, 7) is 0.122. The van der Waals surface area contributed by atoms with Crippen LogP contribution in [0.4, 0.5) is 0 Å². The summed E-state index contributed by atoms with van der Waals surface area (Å²) in [5, 5.41) is 11.6. The van der Waals surface area contributed by atoms with Crippen LogP contribution in [0.3, 0.4) is 0 Å². The molecule has 0 aliphatic heterocycles. The Balaban J connectivity index is 1.48. The van der Waals surface area contributed by atoms with E-state index in [2.05, 4.69) is 15.6 Å². The van der Waals surface area contributed by atoms with Gasteiger partial charge in [0.1, 0.15) is 23.9 Å². The van der Waals surface area contributed by atoms with Crippen molar-refractivity contribution in [3.63, 3.8) is 0 Å². The Morgan fingerprint density at radius 3 is 2.54 bits per heavy atom. The van der Waals surface area contributed by atoms with E-state index in [0.717, 1.165) is 36.8 Å². The normalized spacial score (nSPS) is 15.1. The van der Waals surface area contributed by atoms with Crippen LogP contribution in [0.5, 0.6) is 0 Å². The number of rotatable bonds is 8. The van der Waals surface area contributed by atoms with Gasteiger partial charge in [-0.3, -0.25) is 9.59 Å². The summed E-state index contributed by atoms with van der Waals surface area (Å²) in [6, 6.07) is 19.9. The number of hydrogen-bond acceptors (Lipinski definition) is 5. The van der Waals surface area contributed by atoms with E-state index in [9.17, 15) is 9.59 Å². The molecule has 2 amide bonds. The number of fused-ring (bicyclic) bond motifs is 1. The number of nitrogens with zero attached hydrogens (tertiary/aromatic N) is 4. The summed E-state index contributed by atoms with van der Waals surface area (Å²) in [7, 11) is 0. The van der Waals surface area contributed by atoms with Crippen molar-refractivity contribution in [3.8, 4) is 0 Å². The van der Waals surface area contributed by atoms with Gasteiger partial charge in [0.25, 0.3) is 0 Å². The van der Waals surface area contributed by atoms with Gasteiger partial charge >= 0.3 is 0 Å². The second kappa shape index (κ2) is 10.5. The molecule has 1 aliphatic carbocycles. The molecule has 2 aromatic heterocycles. The largest absolute Gasteiger partial charge is 0.467 e. The second-order valence-electron chi connectivity index (χ2n) is 8.99. The van der Waals surface area contributed by atoms with E-state index in [-0.39, 0.29) is 30.9 Å². The second-order valence-corrected chi connectivity index (χ2v) is 8.99. The van der Waals surface area contributed by atoms with Crippen molar-refractivity contribution in [1.29, 1.82) is 0 Å². The Morgan fingerprint density at radius 2 is 1.77 bits per heavy atom. The maximum Gasteiger partial charge on any atom is 0.247 e. The molecule has 1 N–H and O–H groups in total. The van der Waals surface area contributed by atoms with Gasteiger partial charge in [0.05, 0.1) is 18.3 Å². The van der Waals surface area contributed by atoms with Crippen LogP contribution in [0.1, 0.15) is 49.5 Å². The van der Waals surface area contributed by atoms with E-state index < -0.39 is 6.04 Å². The molecule has 8 heteroatoms. The highest BCUT2D eigenvalue weighted by molar-refractivity contribution is 5.89. The van der Waals surface area contributed by atoms with Crippen LogP contribution in [0.25, 0.3) is 11.0 Å². The topological polar surface area (TPSA) is 93.3 Å². The van der Waals surface area contributed by atoms with Crippen LogP contribution in [0, 0.1) is 0 Å². The number of hydrogen-bond donors (Lipinski definition) is 1. The molecule has 1 saturated carbocycles. The summed E-state index contributed by atoms with van der Waals surface area (Å²) in [5.41, 5.74) is 2.23. The third kappa shape index (κ3) is 5.26. The van der Waals surface area contributed by atoms with Crippen molar-refractivity contribution in [1.82, 2.24) is 25.2 Å². The third-order valence-electron chi connectivity index (χ3n) is 6.56. The lowest BCUT2D eigenvalue weighted by Crippen LogP contribution is -2.47. The lowest BCUT2D eigenvalue weighted by atomic mass is 9.94. The molecule has 0 radical (unpaired) electrons. The molecule has 0 unspecified atom stereocenters. The van der Waals surface area contributed by atoms with Crippen LogP contribution in [-0.2, 0) is 22.7 Å². The number of para-hydroxylation sites is 1. The van der Waals surface area contributed by atoms with Crippen LogP contribution in [0.15, 0.2) is 77.4 Å². The number of nitrogens with one attached hydrogen (secondary N) is 1. The van der Waals surface area contributed by atoms with E-state index in [0.29, 0.717) is 11.3 Å². The van der Waals surface area contributed by atoms with Gasteiger partial charge in [0, 0.05) is 6.04 Å². The first-order valence-electron chi connectivity index (χ1n) is 12.1.